The van der Waals surface area contributed by atoms with Gasteiger partial charge in [-0.2, -0.15) is 0 Å². The highest BCUT2D eigenvalue weighted by molar-refractivity contribution is 7.13. The van der Waals surface area contributed by atoms with E-state index in [1.54, 1.807) is 0 Å². The molecule has 0 saturated carbocycles. The third-order valence-corrected chi connectivity index (χ3v) is 11.3. The first kappa shape index (κ1) is 23.0. The molecule has 0 aliphatic rings. The molecule has 1 aromatic heterocycles. The maximum absolute atomic E-state index is 6.84. The van der Waals surface area contributed by atoms with Gasteiger partial charge >= 0.3 is 0 Å². The average molecular weight is 469 g/mol. The van der Waals surface area contributed by atoms with Gasteiger partial charge in [0.15, 0.2) is 5.13 Å². The zero-order valence-electron chi connectivity index (χ0n) is 19.2. The van der Waals surface area contributed by atoms with E-state index in [0.29, 0.717) is 11.7 Å². The molecule has 4 aromatic rings. The van der Waals surface area contributed by atoms with Gasteiger partial charge in [0.1, 0.15) is 0 Å². The summed E-state index contributed by atoms with van der Waals surface area (Å²) >= 11 is 1.44. The molecule has 1 heterocycles. The van der Waals surface area contributed by atoms with Gasteiger partial charge < -0.3 is 10.2 Å². The third-order valence-electron chi connectivity index (χ3n) is 5.69. The fourth-order valence-corrected chi connectivity index (χ4v) is 9.24. The average Bonchev–Trinajstić information content (AvgIpc) is 3.26. The van der Waals surface area contributed by atoms with Crippen LogP contribution in [-0.2, 0) is 4.43 Å². The fraction of sp³-hybridized carbons (Fsp3) is 0.179. The van der Waals surface area contributed by atoms with Crippen molar-refractivity contribution >= 4 is 35.2 Å². The molecule has 0 radical (unpaired) electrons. The Balaban J connectivity index is 1.64. The van der Waals surface area contributed by atoms with Gasteiger partial charge in [0, 0.05) is 16.5 Å². The van der Waals surface area contributed by atoms with Crippen molar-refractivity contribution in [2.45, 2.75) is 25.8 Å². The van der Waals surface area contributed by atoms with Gasteiger partial charge in [-0.1, -0.05) is 105 Å². The Morgan fingerprint density at radius 2 is 1.55 bits per heavy atom. The SMILES string of the molecule is CC(C)(C)[Si](OCC#Cc1cccc(-c2csc(N)n2)c1)(c1ccccc1)c1ccccc1. The number of anilines is 1. The largest absolute Gasteiger partial charge is 0.396 e. The lowest BCUT2D eigenvalue weighted by atomic mass is 10.1. The van der Waals surface area contributed by atoms with Crippen LogP contribution in [0, 0.1) is 11.8 Å². The minimum Gasteiger partial charge on any atom is -0.396 e. The summed E-state index contributed by atoms with van der Waals surface area (Å²) in [7, 11) is -2.57. The van der Waals surface area contributed by atoms with Crippen molar-refractivity contribution in [3.05, 3.63) is 95.9 Å². The second-order valence-corrected chi connectivity index (χ2v) is 14.1. The summed E-state index contributed by atoms with van der Waals surface area (Å²) in [5.41, 5.74) is 8.62. The molecule has 0 saturated heterocycles. The Morgan fingerprint density at radius 3 is 2.09 bits per heavy atom. The van der Waals surface area contributed by atoms with Crippen LogP contribution in [-0.4, -0.2) is 19.9 Å². The third kappa shape index (κ3) is 4.94. The van der Waals surface area contributed by atoms with Crippen molar-refractivity contribution in [1.82, 2.24) is 4.98 Å². The number of rotatable bonds is 5. The molecule has 0 atom stereocenters. The van der Waals surface area contributed by atoms with E-state index < -0.39 is 8.32 Å². The Morgan fingerprint density at radius 1 is 0.909 bits per heavy atom. The van der Waals surface area contributed by atoms with Gasteiger partial charge in [-0.3, -0.25) is 0 Å². The Hall–Kier alpha value is -3.17. The van der Waals surface area contributed by atoms with Gasteiger partial charge in [0.05, 0.1) is 12.3 Å². The summed E-state index contributed by atoms with van der Waals surface area (Å²) in [6, 6.07) is 29.3. The number of thiazole rings is 1. The highest BCUT2D eigenvalue weighted by Crippen LogP contribution is 2.36. The molecule has 0 aliphatic heterocycles. The Labute approximate surface area is 201 Å². The van der Waals surface area contributed by atoms with Crippen molar-refractivity contribution in [3.63, 3.8) is 0 Å². The van der Waals surface area contributed by atoms with Gasteiger partial charge in [0.2, 0.25) is 0 Å². The molecule has 3 nitrogen and oxygen atoms in total. The summed E-state index contributed by atoms with van der Waals surface area (Å²) < 4.78 is 6.84. The van der Waals surface area contributed by atoms with Crippen LogP contribution >= 0.6 is 11.3 Å². The molecule has 4 rings (SSSR count). The number of hydrogen-bond donors (Lipinski definition) is 1. The summed E-state index contributed by atoms with van der Waals surface area (Å²) in [5.74, 6) is 6.55. The second-order valence-electron chi connectivity index (χ2n) is 8.91. The van der Waals surface area contributed by atoms with Gasteiger partial charge in [-0.05, 0) is 27.5 Å². The number of hydrogen-bond acceptors (Lipinski definition) is 4. The summed E-state index contributed by atoms with van der Waals surface area (Å²) in [5, 5.41) is 4.98. The van der Waals surface area contributed by atoms with Crippen molar-refractivity contribution < 1.29 is 4.43 Å². The normalized spacial score (nSPS) is 11.6. The van der Waals surface area contributed by atoms with E-state index in [9.17, 15) is 0 Å². The van der Waals surface area contributed by atoms with Crippen LogP contribution in [0.25, 0.3) is 11.3 Å². The molecule has 5 heteroatoms. The zero-order chi connectivity index (χ0) is 23.3. The zero-order valence-corrected chi connectivity index (χ0v) is 21.0. The highest BCUT2D eigenvalue weighted by Gasteiger charge is 2.49. The maximum Gasteiger partial charge on any atom is 0.262 e. The van der Waals surface area contributed by atoms with Gasteiger partial charge in [-0.25, -0.2) is 4.98 Å². The molecular formula is C28H28N2OSSi. The van der Waals surface area contributed by atoms with Crippen LogP contribution in [0.1, 0.15) is 26.3 Å². The molecule has 0 unspecified atom stereocenters. The Kier molecular flexibility index (Phi) is 6.80. The van der Waals surface area contributed by atoms with E-state index in [1.807, 2.05) is 29.6 Å². The number of nitrogen functional groups attached to an aromatic ring is 1. The first-order valence-corrected chi connectivity index (χ1v) is 13.7. The van der Waals surface area contributed by atoms with E-state index in [2.05, 4.69) is 98.3 Å². The quantitative estimate of drug-likeness (QED) is 0.318. The summed E-state index contributed by atoms with van der Waals surface area (Å²) in [6.45, 7) is 7.18. The number of nitrogens with zero attached hydrogens (tertiary/aromatic N) is 1. The van der Waals surface area contributed by atoms with E-state index in [1.165, 1.54) is 21.7 Å². The predicted octanol–water partition coefficient (Wildman–Crippen LogP) is 5.32. The summed E-state index contributed by atoms with van der Waals surface area (Å²) in [6.07, 6.45) is 0. The molecule has 0 bridgehead atoms. The van der Waals surface area contributed by atoms with E-state index in [0.717, 1.165) is 16.8 Å². The van der Waals surface area contributed by atoms with Crippen LogP contribution in [0.15, 0.2) is 90.3 Å². The maximum atomic E-state index is 6.84. The van der Waals surface area contributed by atoms with E-state index >= 15 is 0 Å². The monoisotopic (exact) mass is 468 g/mol. The first-order chi connectivity index (χ1) is 15.9. The molecule has 33 heavy (non-hydrogen) atoms. The van der Waals surface area contributed by atoms with Crippen LogP contribution in [0.3, 0.4) is 0 Å². The minimum absolute atomic E-state index is 0.0676. The first-order valence-electron chi connectivity index (χ1n) is 11.0. The highest BCUT2D eigenvalue weighted by atomic mass is 32.1. The molecule has 0 aliphatic carbocycles. The number of nitrogens with two attached hydrogens (primary N) is 1. The van der Waals surface area contributed by atoms with Gasteiger partial charge in [0.25, 0.3) is 8.32 Å². The molecule has 2 N–H and O–H groups in total. The molecule has 3 aromatic carbocycles. The van der Waals surface area contributed by atoms with E-state index in [-0.39, 0.29) is 5.04 Å². The smallest absolute Gasteiger partial charge is 0.262 e. The number of benzene rings is 3. The lowest BCUT2D eigenvalue weighted by molar-refractivity contribution is 0.346. The Bertz CT molecular complexity index is 1230. The molecule has 0 spiro atoms. The van der Waals surface area contributed by atoms with Crippen molar-refractivity contribution in [2.24, 2.45) is 0 Å². The molecule has 166 valence electrons. The van der Waals surface area contributed by atoms with Crippen LogP contribution in [0.4, 0.5) is 5.13 Å². The molecule has 0 amide bonds. The standard InChI is InChI=1S/C28H28N2OSSi/c1-28(2,3)33(24-15-6-4-7-16-24,25-17-8-5-9-18-25)31-19-11-13-22-12-10-14-23(20-22)26-21-32-27(29)30-26/h4-10,12,14-18,20-21H,19H2,1-3H3,(H2,29,30). The van der Waals surface area contributed by atoms with E-state index in [4.69, 9.17) is 10.2 Å². The minimum atomic E-state index is -2.57. The summed E-state index contributed by atoms with van der Waals surface area (Å²) in [4.78, 5) is 4.37. The topological polar surface area (TPSA) is 48.1 Å². The van der Waals surface area contributed by atoms with Crippen molar-refractivity contribution in [3.8, 4) is 23.1 Å². The lowest BCUT2D eigenvalue weighted by Crippen LogP contribution is -2.66. The predicted molar refractivity (Wildman–Crippen MR) is 142 cm³/mol. The number of aromatic nitrogens is 1. The van der Waals surface area contributed by atoms with Crippen LogP contribution in [0.5, 0.6) is 0 Å². The fourth-order valence-electron chi connectivity index (χ4n) is 4.22. The second kappa shape index (κ2) is 9.76. The van der Waals surface area contributed by atoms with Crippen molar-refractivity contribution in [2.75, 3.05) is 12.3 Å². The lowest BCUT2D eigenvalue weighted by Gasteiger charge is -2.42. The molecule has 0 fully saturated rings. The van der Waals surface area contributed by atoms with Crippen LogP contribution < -0.4 is 16.1 Å². The van der Waals surface area contributed by atoms with Gasteiger partial charge in [-0.15, -0.1) is 11.3 Å². The van der Waals surface area contributed by atoms with Crippen molar-refractivity contribution in [1.29, 1.82) is 0 Å². The molecular weight excluding hydrogens is 440 g/mol. The van der Waals surface area contributed by atoms with Crippen LogP contribution in [0.2, 0.25) is 5.04 Å².